The minimum atomic E-state index is 0.0719. The fraction of sp³-hybridized carbons (Fsp3) is 0.417. The van der Waals surface area contributed by atoms with Crippen LogP contribution in [0, 0.1) is 0 Å². The van der Waals surface area contributed by atoms with E-state index in [1.165, 1.54) is 5.56 Å². The van der Waals surface area contributed by atoms with E-state index in [4.69, 9.17) is 9.73 Å². The highest BCUT2D eigenvalue weighted by molar-refractivity contribution is 5.94. The first-order chi connectivity index (χ1) is 14.5. The molecule has 0 heterocycles. The minimum absolute atomic E-state index is 0.0719. The molecule has 0 atom stereocenters. The molecule has 0 aliphatic carbocycles. The van der Waals surface area contributed by atoms with Crippen LogP contribution >= 0.6 is 0 Å². The third-order valence-corrected chi connectivity index (χ3v) is 4.94. The zero-order chi connectivity index (χ0) is 21.9. The highest BCUT2D eigenvalue weighted by Crippen LogP contribution is 2.13. The van der Waals surface area contributed by atoms with Crippen LogP contribution in [-0.2, 0) is 13.1 Å². The summed E-state index contributed by atoms with van der Waals surface area (Å²) in [6.07, 6.45) is 0. The molecule has 1 N–H and O–H groups in total. The molecule has 0 saturated heterocycles. The molecule has 0 aromatic heterocycles. The van der Waals surface area contributed by atoms with Gasteiger partial charge in [-0.2, -0.15) is 0 Å². The highest BCUT2D eigenvalue weighted by atomic mass is 16.5. The monoisotopic (exact) mass is 410 g/mol. The lowest BCUT2D eigenvalue weighted by Gasteiger charge is -2.22. The summed E-state index contributed by atoms with van der Waals surface area (Å²) < 4.78 is 5.22. The quantitative estimate of drug-likeness (QED) is 0.505. The van der Waals surface area contributed by atoms with E-state index in [2.05, 4.69) is 29.3 Å². The summed E-state index contributed by atoms with van der Waals surface area (Å²) in [4.78, 5) is 21.1. The third-order valence-electron chi connectivity index (χ3n) is 4.94. The van der Waals surface area contributed by atoms with Crippen molar-refractivity contribution >= 4 is 11.9 Å². The molecule has 0 unspecified atom stereocenters. The van der Waals surface area contributed by atoms with Gasteiger partial charge in [-0.3, -0.25) is 4.79 Å². The van der Waals surface area contributed by atoms with E-state index in [9.17, 15) is 4.79 Å². The van der Waals surface area contributed by atoms with Crippen LogP contribution in [0.2, 0.25) is 0 Å². The van der Waals surface area contributed by atoms with Crippen molar-refractivity contribution in [3.05, 3.63) is 65.2 Å². The Morgan fingerprint density at radius 3 is 2.10 bits per heavy atom. The molecule has 6 heteroatoms. The van der Waals surface area contributed by atoms with Crippen molar-refractivity contribution in [1.82, 2.24) is 15.1 Å². The number of hydrogen-bond acceptors (Lipinski definition) is 3. The molecule has 162 valence electrons. The maximum absolute atomic E-state index is 12.4. The summed E-state index contributed by atoms with van der Waals surface area (Å²) in [5.41, 5.74) is 2.97. The zero-order valence-corrected chi connectivity index (χ0v) is 18.8. The van der Waals surface area contributed by atoms with Crippen LogP contribution in [0.4, 0.5) is 0 Å². The third kappa shape index (κ3) is 6.51. The topological polar surface area (TPSA) is 57.2 Å². The van der Waals surface area contributed by atoms with Gasteiger partial charge in [0.2, 0.25) is 0 Å². The SMILES string of the molecule is CCNC(=NCc1ccc(C(=O)N(CC)CC)cc1)N(C)Cc1ccc(OC)cc1. The first-order valence-electron chi connectivity index (χ1n) is 10.5. The number of ether oxygens (including phenoxy) is 1. The standard InChI is InChI=1S/C24H34N4O2/c1-6-25-24(27(4)18-20-11-15-22(30-5)16-12-20)26-17-19-9-13-21(14-10-19)23(29)28(7-2)8-3/h9-16H,6-8,17-18H2,1-5H3,(H,25,26). The van der Waals surface area contributed by atoms with Gasteiger partial charge >= 0.3 is 0 Å². The molecule has 0 aliphatic rings. The number of rotatable bonds is 9. The van der Waals surface area contributed by atoms with E-state index in [1.807, 2.05) is 62.2 Å². The maximum Gasteiger partial charge on any atom is 0.253 e. The Hall–Kier alpha value is -3.02. The predicted octanol–water partition coefficient (Wildman–Crippen LogP) is 3.77. The Bertz CT molecular complexity index is 812. The van der Waals surface area contributed by atoms with Crippen LogP contribution in [-0.4, -0.2) is 55.5 Å². The van der Waals surface area contributed by atoms with Crippen molar-refractivity contribution in [2.24, 2.45) is 4.99 Å². The molecular formula is C24H34N4O2. The minimum Gasteiger partial charge on any atom is -0.497 e. The molecule has 2 aromatic rings. The lowest BCUT2D eigenvalue weighted by atomic mass is 10.1. The lowest BCUT2D eigenvalue weighted by molar-refractivity contribution is 0.0773. The van der Waals surface area contributed by atoms with Gasteiger partial charge in [-0.1, -0.05) is 24.3 Å². The molecule has 0 bridgehead atoms. The second kappa shape index (κ2) is 11.9. The number of nitrogens with one attached hydrogen (secondary N) is 1. The molecule has 6 nitrogen and oxygen atoms in total. The van der Waals surface area contributed by atoms with Crippen molar-refractivity contribution in [3.63, 3.8) is 0 Å². The average molecular weight is 411 g/mol. The fourth-order valence-electron chi connectivity index (χ4n) is 3.16. The van der Waals surface area contributed by atoms with Crippen molar-refractivity contribution in [2.75, 3.05) is 33.8 Å². The average Bonchev–Trinajstić information content (AvgIpc) is 2.78. The number of carbonyl (C=O) groups is 1. The number of benzene rings is 2. The van der Waals surface area contributed by atoms with Crippen LogP contribution < -0.4 is 10.1 Å². The largest absolute Gasteiger partial charge is 0.497 e. The van der Waals surface area contributed by atoms with Crippen LogP contribution in [0.3, 0.4) is 0 Å². The van der Waals surface area contributed by atoms with Gasteiger partial charge in [0.25, 0.3) is 5.91 Å². The zero-order valence-electron chi connectivity index (χ0n) is 18.8. The number of methoxy groups -OCH3 is 1. The number of guanidine groups is 1. The molecular weight excluding hydrogens is 376 g/mol. The molecule has 0 radical (unpaired) electrons. The van der Waals surface area contributed by atoms with Crippen molar-refractivity contribution in [2.45, 2.75) is 33.9 Å². The highest BCUT2D eigenvalue weighted by Gasteiger charge is 2.12. The van der Waals surface area contributed by atoms with Crippen LogP contribution in [0.25, 0.3) is 0 Å². The van der Waals surface area contributed by atoms with Gasteiger partial charge in [0.15, 0.2) is 5.96 Å². The second-order valence-electron chi connectivity index (χ2n) is 7.05. The molecule has 2 rings (SSSR count). The Balaban J connectivity index is 2.04. The Labute approximate surface area is 180 Å². The summed E-state index contributed by atoms with van der Waals surface area (Å²) in [6.45, 7) is 9.57. The van der Waals surface area contributed by atoms with E-state index in [-0.39, 0.29) is 5.91 Å². The number of amides is 1. The Kier molecular flexibility index (Phi) is 9.19. The summed E-state index contributed by atoms with van der Waals surface area (Å²) in [6, 6.07) is 15.8. The Morgan fingerprint density at radius 2 is 1.57 bits per heavy atom. The predicted molar refractivity (Wildman–Crippen MR) is 123 cm³/mol. The van der Waals surface area contributed by atoms with Crippen LogP contribution in [0.1, 0.15) is 42.3 Å². The summed E-state index contributed by atoms with van der Waals surface area (Å²) in [7, 11) is 3.70. The second-order valence-corrected chi connectivity index (χ2v) is 7.05. The summed E-state index contributed by atoms with van der Waals surface area (Å²) >= 11 is 0. The van der Waals surface area contributed by atoms with E-state index in [1.54, 1.807) is 7.11 Å². The number of hydrogen-bond donors (Lipinski definition) is 1. The van der Waals surface area contributed by atoms with Crippen molar-refractivity contribution < 1.29 is 9.53 Å². The van der Waals surface area contributed by atoms with E-state index in [0.29, 0.717) is 19.6 Å². The van der Waals surface area contributed by atoms with Gasteiger partial charge < -0.3 is 19.9 Å². The van der Waals surface area contributed by atoms with Gasteiger partial charge in [0, 0.05) is 38.8 Å². The van der Waals surface area contributed by atoms with E-state index in [0.717, 1.165) is 35.9 Å². The summed E-state index contributed by atoms with van der Waals surface area (Å²) in [5, 5.41) is 3.35. The van der Waals surface area contributed by atoms with Gasteiger partial charge in [-0.15, -0.1) is 0 Å². The van der Waals surface area contributed by atoms with Gasteiger partial charge in [-0.25, -0.2) is 4.99 Å². The van der Waals surface area contributed by atoms with E-state index >= 15 is 0 Å². The van der Waals surface area contributed by atoms with Crippen LogP contribution in [0.5, 0.6) is 5.75 Å². The molecule has 0 aliphatic heterocycles. The molecule has 0 spiro atoms. The summed E-state index contributed by atoms with van der Waals surface area (Å²) in [5.74, 6) is 1.77. The molecule has 2 aromatic carbocycles. The maximum atomic E-state index is 12.4. The molecule has 0 fully saturated rings. The van der Waals surface area contributed by atoms with E-state index < -0.39 is 0 Å². The molecule has 30 heavy (non-hydrogen) atoms. The first-order valence-corrected chi connectivity index (χ1v) is 10.5. The number of nitrogens with zero attached hydrogens (tertiary/aromatic N) is 3. The molecule has 0 saturated carbocycles. The fourth-order valence-corrected chi connectivity index (χ4v) is 3.16. The van der Waals surface area contributed by atoms with Crippen LogP contribution in [0.15, 0.2) is 53.5 Å². The smallest absolute Gasteiger partial charge is 0.253 e. The van der Waals surface area contributed by atoms with Crippen molar-refractivity contribution in [1.29, 1.82) is 0 Å². The van der Waals surface area contributed by atoms with Gasteiger partial charge in [0.1, 0.15) is 5.75 Å². The normalized spacial score (nSPS) is 11.2. The first kappa shape index (κ1) is 23.3. The molecule has 1 amide bonds. The number of aliphatic imine (C=N–C) groups is 1. The Morgan fingerprint density at radius 1 is 0.967 bits per heavy atom. The lowest BCUT2D eigenvalue weighted by Crippen LogP contribution is -2.38. The van der Waals surface area contributed by atoms with Gasteiger partial charge in [0.05, 0.1) is 13.7 Å². The van der Waals surface area contributed by atoms with Gasteiger partial charge in [-0.05, 0) is 56.2 Å². The van der Waals surface area contributed by atoms with Crippen molar-refractivity contribution in [3.8, 4) is 5.75 Å². The number of carbonyl (C=O) groups excluding carboxylic acids is 1.